The first-order valence-corrected chi connectivity index (χ1v) is 6.26. The van der Waals surface area contributed by atoms with Crippen LogP contribution in [0.3, 0.4) is 0 Å². The van der Waals surface area contributed by atoms with Crippen molar-refractivity contribution in [3.05, 3.63) is 24.3 Å². The van der Waals surface area contributed by atoms with Crippen LogP contribution in [0.15, 0.2) is 24.3 Å². The molecule has 15 heavy (non-hydrogen) atoms. The Bertz CT molecular complexity index is 379. The molecule has 0 aromatic heterocycles. The molecule has 82 valence electrons. The van der Waals surface area contributed by atoms with E-state index in [1.54, 1.807) is 30.5 Å². The molecule has 0 bridgehead atoms. The van der Waals surface area contributed by atoms with Crippen LogP contribution in [-0.2, 0) is 15.6 Å². The quantitative estimate of drug-likeness (QED) is 0.752. The molecule has 0 fully saturated rings. The van der Waals surface area contributed by atoms with Gasteiger partial charge in [-0.2, -0.15) is 0 Å². The van der Waals surface area contributed by atoms with Crippen LogP contribution >= 0.6 is 0 Å². The zero-order chi connectivity index (χ0) is 11.3. The lowest BCUT2D eigenvalue weighted by atomic mass is 10.2. The molecule has 5 heteroatoms. The lowest BCUT2D eigenvalue weighted by molar-refractivity contribution is -0.115. The van der Waals surface area contributed by atoms with E-state index < -0.39 is 10.8 Å². The molecule has 0 aliphatic heterocycles. The van der Waals surface area contributed by atoms with Crippen LogP contribution in [0, 0.1) is 0 Å². The Morgan fingerprint density at radius 2 is 2.13 bits per heavy atom. The minimum absolute atomic E-state index is 0.164. The molecule has 1 aromatic carbocycles. The Labute approximate surface area is 91.3 Å². The predicted molar refractivity (Wildman–Crippen MR) is 63.0 cm³/mol. The van der Waals surface area contributed by atoms with Crippen LogP contribution in [0.5, 0.6) is 0 Å². The van der Waals surface area contributed by atoms with Crippen molar-refractivity contribution in [1.29, 1.82) is 0 Å². The summed E-state index contributed by atoms with van der Waals surface area (Å²) < 4.78 is 10.8. The molecule has 1 atom stereocenters. The fourth-order valence-electron chi connectivity index (χ4n) is 1.06. The summed E-state index contributed by atoms with van der Waals surface area (Å²) >= 11 is 0. The van der Waals surface area contributed by atoms with Gasteiger partial charge in [0.15, 0.2) is 0 Å². The van der Waals surface area contributed by atoms with Crippen LogP contribution in [0.1, 0.15) is 6.42 Å². The lowest BCUT2D eigenvalue weighted by Gasteiger charge is -2.06. The van der Waals surface area contributed by atoms with Gasteiger partial charge in [0, 0.05) is 29.2 Å². The highest BCUT2D eigenvalue weighted by Gasteiger charge is 2.05. The SMILES string of the molecule is CS(=O)CCC(=O)Nc1ccccc1N. The average Bonchev–Trinajstić information content (AvgIpc) is 2.18. The topological polar surface area (TPSA) is 72.2 Å². The van der Waals surface area contributed by atoms with Crippen LogP contribution < -0.4 is 11.1 Å². The molecule has 0 heterocycles. The fourth-order valence-corrected chi connectivity index (χ4v) is 1.53. The van der Waals surface area contributed by atoms with E-state index in [4.69, 9.17) is 5.73 Å². The molecular weight excluding hydrogens is 212 g/mol. The Kier molecular flexibility index (Phi) is 4.30. The Morgan fingerprint density at radius 1 is 1.47 bits per heavy atom. The van der Waals surface area contributed by atoms with E-state index in [0.29, 0.717) is 17.1 Å². The number of nitrogens with two attached hydrogens (primary N) is 1. The van der Waals surface area contributed by atoms with Crippen LogP contribution in [-0.4, -0.2) is 22.1 Å². The minimum Gasteiger partial charge on any atom is -0.397 e. The standard InChI is InChI=1S/C10H14N2O2S/c1-15(14)7-6-10(13)12-9-5-3-2-4-8(9)11/h2-5H,6-7,11H2,1H3,(H,12,13). The summed E-state index contributed by atoms with van der Waals surface area (Å²) in [5.41, 5.74) is 6.78. The summed E-state index contributed by atoms with van der Waals surface area (Å²) in [4.78, 5) is 11.4. The second kappa shape index (κ2) is 5.50. The number of carbonyl (C=O) groups excluding carboxylic acids is 1. The fraction of sp³-hybridized carbons (Fsp3) is 0.300. The number of carbonyl (C=O) groups is 1. The number of para-hydroxylation sites is 2. The molecule has 0 saturated carbocycles. The highest BCUT2D eigenvalue weighted by molar-refractivity contribution is 7.84. The van der Waals surface area contributed by atoms with Gasteiger partial charge in [-0.05, 0) is 12.1 Å². The molecule has 0 radical (unpaired) electrons. The molecular formula is C10H14N2O2S. The van der Waals surface area contributed by atoms with Crippen molar-refractivity contribution < 1.29 is 9.00 Å². The highest BCUT2D eigenvalue weighted by atomic mass is 32.2. The summed E-state index contributed by atoms with van der Waals surface area (Å²) in [7, 11) is -0.942. The number of amides is 1. The largest absolute Gasteiger partial charge is 0.397 e. The minimum atomic E-state index is -0.942. The average molecular weight is 226 g/mol. The maximum Gasteiger partial charge on any atom is 0.225 e. The number of benzene rings is 1. The first-order valence-electron chi connectivity index (χ1n) is 4.54. The van der Waals surface area contributed by atoms with Crippen molar-refractivity contribution in [3.63, 3.8) is 0 Å². The van der Waals surface area contributed by atoms with Crippen LogP contribution in [0.4, 0.5) is 11.4 Å². The van der Waals surface area contributed by atoms with E-state index in [-0.39, 0.29) is 12.3 Å². The summed E-state index contributed by atoms with van der Waals surface area (Å²) in [6, 6.07) is 7.04. The number of hydrogen-bond donors (Lipinski definition) is 2. The zero-order valence-electron chi connectivity index (χ0n) is 8.53. The molecule has 1 rings (SSSR count). The summed E-state index contributed by atoms with van der Waals surface area (Å²) in [6.07, 6.45) is 1.82. The van der Waals surface area contributed by atoms with Crippen molar-refractivity contribution in [2.75, 3.05) is 23.1 Å². The zero-order valence-corrected chi connectivity index (χ0v) is 9.34. The van der Waals surface area contributed by atoms with Crippen LogP contribution in [0.2, 0.25) is 0 Å². The Balaban J connectivity index is 2.52. The van der Waals surface area contributed by atoms with Gasteiger partial charge in [0.2, 0.25) is 5.91 Å². The van der Waals surface area contributed by atoms with E-state index in [2.05, 4.69) is 5.32 Å². The Hall–Kier alpha value is -1.36. The number of nitrogen functional groups attached to an aromatic ring is 1. The van der Waals surface area contributed by atoms with Gasteiger partial charge in [-0.3, -0.25) is 9.00 Å². The van der Waals surface area contributed by atoms with Gasteiger partial charge < -0.3 is 11.1 Å². The molecule has 0 aliphatic rings. The van der Waals surface area contributed by atoms with Crippen molar-refractivity contribution in [1.82, 2.24) is 0 Å². The first kappa shape index (κ1) is 11.7. The van der Waals surface area contributed by atoms with Crippen molar-refractivity contribution in [3.8, 4) is 0 Å². The first-order chi connectivity index (χ1) is 7.09. The molecule has 1 aromatic rings. The Morgan fingerprint density at radius 3 is 2.73 bits per heavy atom. The van der Waals surface area contributed by atoms with Gasteiger partial charge in [-0.25, -0.2) is 0 Å². The number of nitrogens with one attached hydrogen (secondary N) is 1. The summed E-state index contributed by atoms with van der Waals surface area (Å²) in [5, 5.41) is 2.67. The molecule has 0 saturated heterocycles. The molecule has 4 nitrogen and oxygen atoms in total. The van der Waals surface area contributed by atoms with Crippen LogP contribution in [0.25, 0.3) is 0 Å². The predicted octanol–water partition coefficient (Wildman–Crippen LogP) is 0.976. The van der Waals surface area contributed by atoms with Gasteiger partial charge >= 0.3 is 0 Å². The molecule has 1 unspecified atom stereocenters. The smallest absolute Gasteiger partial charge is 0.225 e. The van der Waals surface area contributed by atoms with E-state index >= 15 is 0 Å². The maximum absolute atomic E-state index is 11.4. The van der Waals surface area contributed by atoms with Crippen molar-refractivity contribution in [2.24, 2.45) is 0 Å². The van der Waals surface area contributed by atoms with E-state index in [0.717, 1.165) is 0 Å². The third kappa shape index (κ3) is 4.12. The molecule has 3 N–H and O–H groups in total. The van der Waals surface area contributed by atoms with Gasteiger partial charge in [0.1, 0.15) is 0 Å². The van der Waals surface area contributed by atoms with Gasteiger partial charge in [0.05, 0.1) is 11.4 Å². The third-order valence-corrected chi connectivity index (χ3v) is 2.63. The van der Waals surface area contributed by atoms with Gasteiger partial charge in [-0.15, -0.1) is 0 Å². The normalized spacial score (nSPS) is 12.1. The van der Waals surface area contributed by atoms with E-state index in [1.807, 2.05) is 0 Å². The molecule has 1 amide bonds. The van der Waals surface area contributed by atoms with Gasteiger partial charge in [-0.1, -0.05) is 12.1 Å². The van der Waals surface area contributed by atoms with Gasteiger partial charge in [0.25, 0.3) is 0 Å². The second-order valence-electron chi connectivity index (χ2n) is 3.16. The third-order valence-electron chi connectivity index (χ3n) is 1.85. The highest BCUT2D eigenvalue weighted by Crippen LogP contribution is 2.16. The number of rotatable bonds is 4. The van der Waals surface area contributed by atoms with Crippen molar-refractivity contribution >= 4 is 28.1 Å². The van der Waals surface area contributed by atoms with Crippen molar-refractivity contribution in [2.45, 2.75) is 6.42 Å². The monoisotopic (exact) mass is 226 g/mol. The summed E-state index contributed by atoms with van der Waals surface area (Å²) in [6.45, 7) is 0. The molecule has 0 spiro atoms. The lowest BCUT2D eigenvalue weighted by Crippen LogP contribution is -2.15. The second-order valence-corrected chi connectivity index (χ2v) is 4.72. The van der Waals surface area contributed by atoms with E-state index in [9.17, 15) is 9.00 Å². The summed E-state index contributed by atoms with van der Waals surface area (Å²) in [5.74, 6) is 0.210. The maximum atomic E-state index is 11.4. The number of anilines is 2. The molecule has 0 aliphatic carbocycles. The number of hydrogen-bond acceptors (Lipinski definition) is 3. The van der Waals surface area contributed by atoms with E-state index in [1.165, 1.54) is 0 Å².